The molecule has 6 heteroatoms. The van der Waals surface area contributed by atoms with E-state index in [1.807, 2.05) is 24.3 Å². The number of carbonyl (C=O) groups is 2. The molecule has 0 bridgehead atoms. The summed E-state index contributed by atoms with van der Waals surface area (Å²) in [6, 6.07) is 17.9. The lowest BCUT2D eigenvalue weighted by atomic mass is 10.1. The average Bonchev–Trinajstić information content (AvgIpc) is 3.10. The quantitative estimate of drug-likeness (QED) is 0.293. The molecule has 0 radical (unpaired) electrons. The lowest BCUT2D eigenvalue weighted by Crippen LogP contribution is -2.21. The molecule has 0 atom stereocenters. The fourth-order valence-electron chi connectivity index (χ4n) is 3.54. The molecule has 3 aromatic rings. The highest BCUT2D eigenvalue weighted by Crippen LogP contribution is 2.35. The Morgan fingerprint density at radius 2 is 1.75 bits per heavy atom. The minimum absolute atomic E-state index is 0.162. The number of ether oxygens (including phenoxy) is 2. The second-order valence-electron chi connectivity index (χ2n) is 7.23. The number of allylic oxidation sites excluding steroid dienone is 1. The van der Waals surface area contributed by atoms with Crippen molar-refractivity contribution in [1.82, 2.24) is 0 Å². The van der Waals surface area contributed by atoms with Crippen LogP contribution in [0.25, 0.3) is 6.08 Å². The Morgan fingerprint density at radius 3 is 2.44 bits per heavy atom. The predicted octanol–water partition coefficient (Wildman–Crippen LogP) is 5.51. The number of nitrogens with zero attached hydrogens (tertiary/aromatic N) is 1. The van der Waals surface area contributed by atoms with Crippen molar-refractivity contribution < 1.29 is 23.5 Å². The number of esters is 1. The van der Waals surface area contributed by atoms with Gasteiger partial charge in [0, 0.05) is 24.8 Å². The van der Waals surface area contributed by atoms with E-state index in [2.05, 4.69) is 18.7 Å². The second kappa shape index (κ2) is 9.06. The van der Waals surface area contributed by atoms with Crippen LogP contribution in [0.1, 0.15) is 40.1 Å². The summed E-state index contributed by atoms with van der Waals surface area (Å²) in [6.07, 6.45) is 1.68. The normalized spacial score (nSPS) is 13.6. The third kappa shape index (κ3) is 4.25. The number of rotatable bonds is 6. The van der Waals surface area contributed by atoms with Crippen molar-refractivity contribution in [3.8, 4) is 11.5 Å². The van der Waals surface area contributed by atoms with Gasteiger partial charge in [-0.25, -0.2) is 9.18 Å². The molecule has 1 aliphatic rings. The van der Waals surface area contributed by atoms with E-state index in [4.69, 9.17) is 9.47 Å². The molecule has 0 saturated heterocycles. The van der Waals surface area contributed by atoms with E-state index in [0.29, 0.717) is 11.3 Å². The Kier molecular flexibility index (Phi) is 6.03. The molecule has 162 valence electrons. The number of carbonyl (C=O) groups excluding carboxylic acids is 2. The van der Waals surface area contributed by atoms with Gasteiger partial charge in [-0.05, 0) is 61.9 Å². The van der Waals surface area contributed by atoms with Crippen molar-refractivity contribution in [2.24, 2.45) is 0 Å². The zero-order valence-electron chi connectivity index (χ0n) is 17.8. The van der Waals surface area contributed by atoms with E-state index < -0.39 is 11.8 Å². The molecular weight excluding hydrogens is 409 g/mol. The summed E-state index contributed by atoms with van der Waals surface area (Å²) in [5.74, 6) is -1.10. The first-order chi connectivity index (χ1) is 15.5. The van der Waals surface area contributed by atoms with Crippen LogP contribution in [0.5, 0.6) is 11.5 Å². The predicted molar refractivity (Wildman–Crippen MR) is 121 cm³/mol. The molecule has 0 saturated carbocycles. The molecule has 0 amide bonds. The number of Topliss-reactive ketones (excluding diaryl/α,β-unsaturated/α-hetero) is 1. The maximum Gasteiger partial charge on any atom is 0.346 e. The Balaban J connectivity index is 1.51. The highest BCUT2D eigenvalue weighted by molar-refractivity contribution is 6.14. The fraction of sp³-hybridized carbons (Fsp3) is 0.154. The van der Waals surface area contributed by atoms with Gasteiger partial charge in [0.25, 0.3) is 0 Å². The van der Waals surface area contributed by atoms with Crippen molar-refractivity contribution in [2.45, 2.75) is 13.8 Å². The average molecular weight is 431 g/mol. The topological polar surface area (TPSA) is 55.8 Å². The molecule has 0 aliphatic carbocycles. The van der Waals surface area contributed by atoms with Crippen molar-refractivity contribution in [3.63, 3.8) is 0 Å². The van der Waals surface area contributed by atoms with Crippen LogP contribution in [-0.2, 0) is 0 Å². The molecule has 0 unspecified atom stereocenters. The number of ketones is 1. The number of benzene rings is 3. The molecule has 0 N–H and O–H groups in total. The van der Waals surface area contributed by atoms with E-state index in [1.165, 1.54) is 36.4 Å². The molecule has 1 heterocycles. The van der Waals surface area contributed by atoms with Crippen molar-refractivity contribution in [3.05, 3.63) is 95.0 Å². The van der Waals surface area contributed by atoms with E-state index >= 15 is 0 Å². The van der Waals surface area contributed by atoms with Gasteiger partial charge < -0.3 is 14.4 Å². The monoisotopic (exact) mass is 431 g/mol. The maximum absolute atomic E-state index is 13.8. The summed E-state index contributed by atoms with van der Waals surface area (Å²) in [4.78, 5) is 27.2. The van der Waals surface area contributed by atoms with Crippen LogP contribution in [0.15, 0.2) is 72.5 Å². The third-order valence-corrected chi connectivity index (χ3v) is 5.27. The zero-order chi connectivity index (χ0) is 22.7. The van der Waals surface area contributed by atoms with Crippen LogP contribution in [0.2, 0.25) is 0 Å². The van der Waals surface area contributed by atoms with E-state index in [-0.39, 0.29) is 22.9 Å². The van der Waals surface area contributed by atoms with E-state index in [1.54, 1.807) is 12.1 Å². The summed E-state index contributed by atoms with van der Waals surface area (Å²) >= 11 is 0. The third-order valence-electron chi connectivity index (χ3n) is 5.27. The molecule has 4 rings (SSSR count). The van der Waals surface area contributed by atoms with Crippen molar-refractivity contribution >= 4 is 23.5 Å². The summed E-state index contributed by atoms with van der Waals surface area (Å²) in [5, 5.41) is 0. The first-order valence-electron chi connectivity index (χ1n) is 10.4. The van der Waals surface area contributed by atoms with Gasteiger partial charge in [-0.15, -0.1) is 0 Å². The van der Waals surface area contributed by atoms with Gasteiger partial charge in [-0.1, -0.05) is 24.3 Å². The van der Waals surface area contributed by atoms with Gasteiger partial charge in [-0.3, -0.25) is 4.79 Å². The SMILES string of the molecule is CCN(CC)c1ccc(/C=C2\Oc3cc(OC(=O)c4ccccc4F)ccc3C2=O)cc1. The highest BCUT2D eigenvalue weighted by atomic mass is 19.1. The first-order valence-corrected chi connectivity index (χ1v) is 10.4. The van der Waals surface area contributed by atoms with E-state index in [9.17, 15) is 14.0 Å². The number of anilines is 1. The molecule has 3 aromatic carbocycles. The van der Waals surface area contributed by atoms with Crippen LogP contribution >= 0.6 is 0 Å². The van der Waals surface area contributed by atoms with Gasteiger partial charge in [0.15, 0.2) is 5.76 Å². The molecule has 0 spiro atoms. The fourth-order valence-corrected chi connectivity index (χ4v) is 3.54. The lowest BCUT2D eigenvalue weighted by molar-refractivity contribution is 0.0729. The molecule has 0 aromatic heterocycles. The van der Waals surface area contributed by atoms with Gasteiger partial charge in [0.2, 0.25) is 5.78 Å². The molecule has 32 heavy (non-hydrogen) atoms. The largest absolute Gasteiger partial charge is 0.452 e. The molecule has 0 fully saturated rings. The number of halogens is 1. The zero-order valence-corrected chi connectivity index (χ0v) is 17.8. The van der Waals surface area contributed by atoms with Gasteiger partial charge >= 0.3 is 5.97 Å². The number of fused-ring (bicyclic) bond motifs is 1. The lowest BCUT2D eigenvalue weighted by Gasteiger charge is -2.20. The standard InChI is InChI=1S/C26H22FNO4/c1-3-28(4-2)18-11-9-17(10-12-18)15-24-25(29)21-14-13-19(16-23(21)32-24)31-26(30)20-7-5-6-8-22(20)27/h5-16H,3-4H2,1-2H3/b24-15-. The maximum atomic E-state index is 13.8. The summed E-state index contributed by atoms with van der Waals surface area (Å²) < 4.78 is 24.8. The van der Waals surface area contributed by atoms with E-state index in [0.717, 1.165) is 24.3 Å². The van der Waals surface area contributed by atoms with Gasteiger partial charge in [-0.2, -0.15) is 0 Å². The Hall–Kier alpha value is -3.93. The first kappa shape index (κ1) is 21.3. The summed E-state index contributed by atoms with van der Waals surface area (Å²) in [5.41, 5.74) is 2.16. The van der Waals surface area contributed by atoms with Crippen LogP contribution in [0.4, 0.5) is 10.1 Å². The minimum atomic E-state index is -0.823. The Bertz CT molecular complexity index is 1200. The molecular formula is C26H22FNO4. The highest BCUT2D eigenvalue weighted by Gasteiger charge is 2.28. The van der Waals surface area contributed by atoms with Crippen LogP contribution < -0.4 is 14.4 Å². The Labute approximate surface area is 185 Å². The number of hydrogen-bond acceptors (Lipinski definition) is 5. The van der Waals surface area contributed by atoms with Gasteiger partial charge in [0.05, 0.1) is 11.1 Å². The van der Waals surface area contributed by atoms with Crippen molar-refractivity contribution in [1.29, 1.82) is 0 Å². The molecule has 1 aliphatic heterocycles. The van der Waals surface area contributed by atoms with Crippen LogP contribution in [0, 0.1) is 5.82 Å². The van der Waals surface area contributed by atoms with Gasteiger partial charge in [0.1, 0.15) is 17.3 Å². The van der Waals surface area contributed by atoms with Crippen LogP contribution in [0.3, 0.4) is 0 Å². The second-order valence-corrected chi connectivity index (χ2v) is 7.23. The van der Waals surface area contributed by atoms with Crippen molar-refractivity contribution in [2.75, 3.05) is 18.0 Å². The van der Waals surface area contributed by atoms with Crippen LogP contribution in [-0.4, -0.2) is 24.8 Å². The molecule has 5 nitrogen and oxygen atoms in total. The smallest absolute Gasteiger partial charge is 0.346 e. The Morgan fingerprint density at radius 1 is 1.03 bits per heavy atom. The minimum Gasteiger partial charge on any atom is -0.452 e. The number of hydrogen-bond donors (Lipinski definition) is 0. The summed E-state index contributed by atoms with van der Waals surface area (Å²) in [7, 11) is 0. The summed E-state index contributed by atoms with van der Waals surface area (Å²) in [6.45, 7) is 6.03.